The van der Waals surface area contributed by atoms with E-state index < -0.39 is 11.9 Å². The Hall–Kier alpha value is -3.60. The van der Waals surface area contributed by atoms with Crippen molar-refractivity contribution in [1.82, 2.24) is 5.32 Å². The number of carboxylic acid groups (broad SMARTS) is 1. The molecular weight excluding hydrogens is 342 g/mol. The summed E-state index contributed by atoms with van der Waals surface area (Å²) in [6.07, 6.45) is 1.46. The lowest BCUT2D eigenvalue weighted by Crippen LogP contribution is -2.27. The molecule has 5 heteroatoms. The monoisotopic (exact) mass is 361 g/mol. The largest absolute Gasteiger partial charge is 0.493 e. The molecule has 3 rings (SSSR count). The van der Waals surface area contributed by atoms with Crippen LogP contribution in [-0.2, 0) is 4.79 Å². The van der Waals surface area contributed by atoms with Crippen molar-refractivity contribution in [1.29, 1.82) is 0 Å². The molecule has 0 aliphatic heterocycles. The van der Waals surface area contributed by atoms with Gasteiger partial charge < -0.3 is 15.2 Å². The van der Waals surface area contributed by atoms with Crippen LogP contribution in [-0.4, -0.2) is 23.6 Å². The number of aliphatic carboxylic acids is 1. The summed E-state index contributed by atoms with van der Waals surface area (Å²) in [6, 6.07) is 19.6. The fraction of sp³-hybridized carbons (Fsp3) is 0.0909. The Morgan fingerprint density at radius 2 is 1.63 bits per heavy atom. The van der Waals surface area contributed by atoms with Gasteiger partial charge in [-0.2, -0.15) is 0 Å². The van der Waals surface area contributed by atoms with Crippen molar-refractivity contribution in [3.05, 3.63) is 83.6 Å². The van der Waals surface area contributed by atoms with Crippen molar-refractivity contribution in [3.63, 3.8) is 0 Å². The second-order valence-corrected chi connectivity index (χ2v) is 5.81. The third kappa shape index (κ3) is 4.15. The van der Waals surface area contributed by atoms with Gasteiger partial charge in [-0.25, -0.2) is 4.79 Å². The average molecular weight is 361 g/mol. The molecule has 0 saturated heterocycles. The van der Waals surface area contributed by atoms with Crippen LogP contribution in [0.15, 0.2) is 72.4 Å². The number of carboxylic acids is 1. The molecule has 0 heterocycles. The zero-order valence-electron chi connectivity index (χ0n) is 14.8. The molecule has 1 amide bonds. The van der Waals surface area contributed by atoms with Crippen LogP contribution in [0, 0.1) is 0 Å². The van der Waals surface area contributed by atoms with E-state index in [2.05, 4.69) is 5.32 Å². The highest BCUT2D eigenvalue weighted by atomic mass is 16.5. The summed E-state index contributed by atoms with van der Waals surface area (Å²) < 4.78 is 5.64. The predicted molar refractivity (Wildman–Crippen MR) is 105 cm³/mol. The molecule has 0 unspecified atom stereocenters. The Kier molecular flexibility index (Phi) is 5.52. The normalized spacial score (nSPS) is 11.2. The number of fused-ring (bicyclic) bond motifs is 1. The number of carbonyl (C=O) groups excluding carboxylic acids is 1. The lowest BCUT2D eigenvalue weighted by molar-refractivity contribution is -0.132. The summed E-state index contributed by atoms with van der Waals surface area (Å²) in [6.45, 7) is 2.44. The zero-order valence-corrected chi connectivity index (χ0v) is 14.8. The van der Waals surface area contributed by atoms with E-state index in [4.69, 9.17) is 4.74 Å². The molecule has 3 aromatic carbocycles. The lowest BCUT2D eigenvalue weighted by atomic mass is 10.0. The summed E-state index contributed by atoms with van der Waals surface area (Å²) in [5.74, 6) is -0.952. The number of ether oxygens (including phenoxy) is 1. The minimum absolute atomic E-state index is 0.196. The second-order valence-electron chi connectivity index (χ2n) is 5.81. The van der Waals surface area contributed by atoms with E-state index in [-0.39, 0.29) is 5.70 Å². The van der Waals surface area contributed by atoms with Gasteiger partial charge in [-0.1, -0.05) is 48.5 Å². The standard InChI is InChI=1S/C22H19NO4/c1-2-27-20-13-12-16(17-10-6-7-11-18(17)20)14-19(22(25)26)23-21(24)15-8-4-3-5-9-15/h3-14H,2H2,1H3,(H,23,24)(H,25,26)/b19-14-. The summed E-state index contributed by atoms with van der Waals surface area (Å²) in [4.78, 5) is 24.0. The Morgan fingerprint density at radius 3 is 2.30 bits per heavy atom. The molecule has 0 bridgehead atoms. The van der Waals surface area contributed by atoms with E-state index in [9.17, 15) is 14.7 Å². The van der Waals surface area contributed by atoms with E-state index in [1.807, 2.05) is 31.2 Å². The molecule has 0 fully saturated rings. The van der Waals surface area contributed by atoms with Gasteiger partial charge in [0.2, 0.25) is 0 Å². The van der Waals surface area contributed by atoms with Crippen molar-refractivity contribution >= 4 is 28.7 Å². The van der Waals surface area contributed by atoms with Crippen LogP contribution < -0.4 is 10.1 Å². The fourth-order valence-electron chi connectivity index (χ4n) is 2.79. The van der Waals surface area contributed by atoms with Crippen molar-refractivity contribution in [2.24, 2.45) is 0 Å². The Labute approximate surface area is 156 Å². The van der Waals surface area contributed by atoms with Gasteiger partial charge in [0.25, 0.3) is 5.91 Å². The van der Waals surface area contributed by atoms with E-state index in [1.54, 1.807) is 42.5 Å². The highest BCUT2D eigenvalue weighted by Gasteiger charge is 2.14. The minimum Gasteiger partial charge on any atom is -0.493 e. The van der Waals surface area contributed by atoms with E-state index in [0.717, 1.165) is 16.5 Å². The Balaban J connectivity index is 2.00. The smallest absolute Gasteiger partial charge is 0.352 e. The highest BCUT2D eigenvalue weighted by Crippen LogP contribution is 2.29. The number of nitrogens with one attached hydrogen (secondary N) is 1. The van der Waals surface area contributed by atoms with E-state index in [0.29, 0.717) is 17.7 Å². The summed E-state index contributed by atoms with van der Waals surface area (Å²) in [7, 11) is 0. The molecule has 3 aromatic rings. The van der Waals surface area contributed by atoms with E-state index >= 15 is 0 Å². The number of hydrogen-bond acceptors (Lipinski definition) is 3. The topological polar surface area (TPSA) is 75.6 Å². The van der Waals surface area contributed by atoms with Crippen LogP contribution in [0.5, 0.6) is 5.75 Å². The first kappa shape index (κ1) is 18.2. The Bertz CT molecular complexity index is 1010. The molecule has 0 saturated carbocycles. The average Bonchev–Trinajstić information content (AvgIpc) is 2.69. The molecule has 2 N–H and O–H groups in total. The van der Waals surface area contributed by atoms with Gasteiger partial charge in [0.15, 0.2) is 0 Å². The third-order valence-electron chi connectivity index (χ3n) is 4.03. The molecule has 5 nitrogen and oxygen atoms in total. The van der Waals surface area contributed by atoms with Crippen LogP contribution in [0.4, 0.5) is 0 Å². The van der Waals surface area contributed by atoms with Crippen molar-refractivity contribution < 1.29 is 19.4 Å². The van der Waals surface area contributed by atoms with E-state index in [1.165, 1.54) is 6.08 Å². The first-order valence-electron chi connectivity index (χ1n) is 8.56. The van der Waals surface area contributed by atoms with Crippen LogP contribution in [0.2, 0.25) is 0 Å². The number of amides is 1. The molecule has 0 aliphatic rings. The number of hydrogen-bond donors (Lipinski definition) is 2. The molecule has 0 atom stereocenters. The molecular formula is C22H19NO4. The Morgan fingerprint density at radius 1 is 0.963 bits per heavy atom. The molecule has 0 spiro atoms. The van der Waals surface area contributed by atoms with Gasteiger partial charge in [0, 0.05) is 10.9 Å². The van der Waals surface area contributed by atoms with Gasteiger partial charge in [0.05, 0.1) is 6.61 Å². The first-order valence-corrected chi connectivity index (χ1v) is 8.56. The van der Waals surface area contributed by atoms with Gasteiger partial charge in [-0.15, -0.1) is 0 Å². The molecule has 0 aliphatic carbocycles. The van der Waals surface area contributed by atoms with Crippen molar-refractivity contribution in [3.8, 4) is 5.75 Å². The van der Waals surface area contributed by atoms with Crippen molar-refractivity contribution in [2.75, 3.05) is 6.61 Å². The summed E-state index contributed by atoms with van der Waals surface area (Å²) in [5.41, 5.74) is 0.874. The maximum Gasteiger partial charge on any atom is 0.352 e. The van der Waals surface area contributed by atoms with Gasteiger partial charge >= 0.3 is 5.97 Å². The zero-order chi connectivity index (χ0) is 19.2. The number of carbonyl (C=O) groups is 2. The quantitative estimate of drug-likeness (QED) is 0.648. The van der Waals surface area contributed by atoms with Crippen LogP contribution in [0.25, 0.3) is 16.8 Å². The highest BCUT2D eigenvalue weighted by molar-refractivity contribution is 6.04. The molecule has 136 valence electrons. The molecule has 0 radical (unpaired) electrons. The van der Waals surface area contributed by atoms with Gasteiger partial charge in [-0.05, 0) is 42.1 Å². The maximum atomic E-state index is 12.3. The summed E-state index contributed by atoms with van der Waals surface area (Å²) in [5, 5.41) is 13.7. The third-order valence-corrected chi connectivity index (χ3v) is 4.03. The maximum absolute atomic E-state index is 12.3. The molecule has 0 aromatic heterocycles. The first-order chi connectivity index (χ1) is 13.1. The van der Waals surface area contributed by atoms with Crippen LogP contribution in [0.3, 0.4) is 0 Å². The SMILES string of the molecule is CCOc1ccc(/C=C(\NC(=O)c2ccccc2)C(=O)O)c2ccccc12. The predicted octanol–water partition coefficient (Wildman–Crippen LogP) is 4.09. The number of rotatable bonds is 6. The van der Waals surface area contributed by atoms with Gasteiger partial charge in [0.1, 0.15) is 11.4 Å². The fourth-order valence-corrected chi connectivity index (χ4v) is 2.79. The summed E-state index contributed by atoms with van der Waals surface area (Å²) >= 11 is 0. The second kappa shape index (κ2) is 8.19. The van der Waals surface area contributed by atoms with Gasteiger partial charge in [-0.3, -0.25) is 4.79 Å². The van der Waals surface area contributed by atoms with Crippen LogP contribution in [0.1, 0.15) is 22.8 Å². The van der Waals surface area contributed by atoms with Crippen LogP contribution >= 0.6 is 0 Å². The van der Waals surface area contributed by atoms with Crippen molar-refractivity contribution in [2.45, 2.75) is 6.92 Å². The lowest BCUT2D eigenvalue weighted by Gasteiger charge is -2.11. The molecule has 27 heavy (non-hydrogen) atoms. The number of benzene rings is 3. The minimum atomic E-state index is -1.21.